The third-order valence-electron chi connectivity index (χ3n) is 6.88. The number of nitrogens with one attached hydrogen (secondary N) is 1. The van der Waals surface area contributed by atoms with Crippen LogP contribution in [0.5, 0.6) is 17.2 Å². The average Bonchev–Trinajstić information content (AvgIpc) is 2.90. The Kier molecular flexibility index (Phi) is 9.74. The third kappa shape index (κ3) is 6.29. The number of ketones is 1. The van der Waals surface area contributed by atoms with Crippen LogP contribution in [0.4, 0.5) is 0 Å². The number of hydrogen-bond acceptors (Lipinski definition) is 7. The first-order valence-electron chi connectivity index (χ1n) is 12.4. The number of aryl methyl sites for hydroxylation is 1. The summed E-state index contributed by atoms with van der Waals surface area (Å²) < 4.78 is 16.2. The first-order valence-corrected chi connectivity index (χ1v) is 12.4. The molecule has 8 nitrogen and oxygen atoms in total. The summed E-state index contributed by atoms with van der Waals surface area (Å²) in [5.41, 5.74) is 0.934. The molecule has 0 aromatic heterocycles. The van der Waals surface area contributed by atoms with Gasteiger partial charge < -0.3 is 19.5 Å². The Morgan fingerprint density at radius 3 is 2.12 bits per heavy atom. The van der Waals surface area contributed by atoms with E-state index < -0.39 is 17.7 Å². The summed E-state index contributed by atoms with van der Waals surface area (Å²) in [6.07, 6.45) is 8.25. The number of carbonyl (C=O) groups excluding carboxylic acids is 3. The van der Waals surface area contributed by atoms with E-state index in [-0.39, 0.29) is 18.4 Å². The zero-order valence-electron chi connectivity index (χ0n) is 20.7. The molecule has 1 aromatic carbocycles. The number of piperidine rings is 1. The maximum absolute atomic E-state index is 13.3. The molecule has 0 radical (unpaired) electrons. The molecule has 1 aliphatic heterocycles. The van der Waals surface area contributed by atoms with Gasteiger partial charge in [0.2, 0.25) is 17.4 Å². The predicted octanol–water partition coefficient (Wildman–Crippen LogP) is 3.29. The van der Waals surface area contributed by atoms with Gasteiger partial charge in [0.25, 0.3) is 5.91 Å². The second kappa shape index (κ2) is 12.7. The Bertz CT molecular complexity index is 834. The van der Waals surface area contributed by atoms with E-state index in [1.54, 1.807) is 21.3 Å². The molecule has 0 bridgehead atoms. The molecule has 1 unspecified atom stereocenters. The van der Waals surface area contributed by atoms with E-state index in [0.29, 0.717) is 36.5 Å². The molecule has 1 saturated carbocycles. The number of carbonyl (C=O) groups is 3. The summed E-state index contributed by atoms with van der Waals surface area (Å²) in [6.45, 7) is 0.950. The van der Waals surface area contributed by atoms with Crippen LogP contribution in [-0.4, -0.2) is 63.0 Å². The van der Waals surface area contributed by atoms with Crippen molar-refractivity contribution < 1.29 is 28.6 Å². The SMILES string of the molecule is COc1cc(CCCN(C(=O)C(=O)C2CCCCC2)C(=O)C2CCCCN2)cc(OC)c1OC. The molecule has 8 heteroatoms. The lowest BCUT2D eigenvalue weighted by Crippen LogP contribution is -2.53. The minimum absolute atomic E-state index is 0.199. The summed E-state index contributed by atoms with van der Waals surface area (Å²) in [5.74, 6) is 0.0391. The Hall–Kier alpha value is -2.61. The van der Waals surface area contributed by atoms with Gasteiger partial charge in [0.15, 0.2) is 11.5 Å². The van der Waals surface area contributed by atoms with E-state index in [1.165, 1.54) is 4.90 Å². The minimum atomic E-state index is -0.644. The Morgan fingerprint density at radius 1 is 0.912 bits per heavy atom. The molecule has 2 fully saturated rings. The van der Waals surface area contributed by atoms with Crippen LogP contribution in [0.2, 0.25) is 0 Å². The number of amides is 2. The Morgan fingerprint density at radius 2 is 1.56 bits per heavy atom. The average molecular weight is 475 g/mol. The van der Waals surface area contributed by atoms with Crippen molar-refractivity contribution in [1.82, 2.24) is 10.2 Å². The number of nitrogens with zero attached hydrogens (tertiary/aromatic N) is 1. The summed E-state index contributed by atoms with van der Waals surface area (Å²) in [7, 11) is 4.68. The van der Waals surface area contributed by atoms with Crippen molar-refractivity contribution in [1.29, 1.82) is 0 Å². The molecule has 1 atom stereocenters. The zero-order valence-corrected chi connectivity index (χ0v) is 20.7. The summed E-state index contributed by atoms with van der Waals surface area (Å²) in [4.78, 5) is 40.7. The van der Waals surface area contributed by atoms with Gasteiger partial charge in [-0.1, -0.05) is 25.7 Å². The van der Waals surface area contributed by atoms with Crippen molar-refractivity contribution in [2.75, 3.05) is 34.4 Å². The zero-order chi connectivity index (χ0) is 24.5. The lowest BCUT2D eigenvalue weighted by Gasteiger charge is -2.30. The summed E-state index contributed by atoms with van der Waals surface area (Å²) in [5, 5.41) is 3.22. The fraction of sp³-hybridized carbons (Fsp3) is 0.654. The van der Waals surface area contributed by atoms with Crippen LogP contribution >= 0.6 is 0 Å². The van der Waals surface area contributed by atoms with E-state index in [2.05, 4.69) is 5.32 Å². The van der Waals surface area contributed by atoms with E-state index in [0.717, 1.165) is 57.1 Å². The molecule has 2 amide bonds. The maximum Gasteiger partial charge on any atom is 0.296 e. The molecule has 3 rings (SSSR count). The van der Waals surface area contributed by atoms with Gasteiger partial charge in [-0.2, -0.15) is 0 Å². The van der Waals surface area contributed by atoms with Crippen molar-refractivity contribution in [2.24, 2.45) is 5.92 Å². The first kappa shape index (κ1) is 26.0. The second-order valence-electron chi connectivity index (χ2n) is 9.13. The Labute approximate surface area is 202 Å². The summed E-state index contributed by atoms with van der Waals surface area (Å²) in [6, 6.07) is 3.33. The van der Waals surface area contributed by atoms with Crippen molar-refractivity contribution in [3.63, 3.8) is 0 Å². The number of rotatable bonds is 10. The lowest BCUT2D eigenvalue weighted by atomic mass is 9.85. The molecular formula is C26H38N2O6. The predicted molar refractivity (Wildman–Crippen MR) is 128 cm³/mol. The smallest absolute Gasteiger partial charge is 0.296 e. The molecule has 0 spiro atoms. The van der Waals surface area contributed by atoms with E-state index in [9.17, 15) is 14.4 Å². The molecule has 188 valence electrons. The van der Waals surface area contributed by atoms with Crippen LogP contribution in [0.25, 0.3) is 0 Å². The van der Waals surface area contributed by atoms with Gasteiger partial charge in [-0.05, 0) is 62.8 Å². The van der Waals surface area contributed by atoms with Crippen molar-refractivity contribution in [3.8, 4) is 17.2 Å². The fourth-order valence-corrected chi connectivity index (χ4v) is 4.96. The molecule has 1 saturated heterocycles. The normalized spacial score (nSPS) is 18.7. The first-order chi connectivity index (χ1) is 16.5. The molecule has 1 N–H and O–H groups in total. The Balaban J connectivity index is 1.72. The monoisotopic (exact) mass is 474 g/mol. The number of hydrogen-bond donors (Lipinski definition) is 1. The molecule has 34 heavy (non-hydrogen) atoms. The lowest BCUT2D eigenvalue weighted by molar-refractivity contribution is -0.154. The third-order valence-corrected chi connectivity index (χ3v) is 6.88. The van der Waals surface area contributed by atoms with Crippen LogP contribution in [0.3, 0.4) is 0 Å². The molecule has 1 aliphatic carbocycles. The number of benzene rings is 1. The van der Waals surface area contributed by atoms with E-state index in [1.807, 2.05) is 12.1 Å². The second-order valence-corrected chi connectivity index (χ2v) is 9.13. The van der Waals surface area contributed by atoms with Gasteiger partial charge in [0, 0.05) is 12.5 Å². The van der Waals surface area contributed by atoms with E-state index >= 15 is 0 Å². The largest absolute Gasteiger partial charge is 0.493 e. The topological polar surface area (TPSA) is 94.2 Å². The minimum Gasteiger partial charge on any atom is -0.493 e. The van der Waals surface area contributed by atoms with Gasteiger partial charge in [-0.25, -0.2) is 0 Å². The highest BCUT2D eigenvalue weighted by molar-refractivity contribution is 6.39. The van der Waals surface area contributed by atoms with Crippen LogP contribution < -0.4 is 19.5 Å². The number of imide groups is 1. The summed E-state index contributed by atoms with van der Waals surface area (Å²) >= 11 is 0. The van der Waals surface area contributed by atoms with E-state index in [4.69, 9.17) is 14.2 Å². The fourth-order valence-electron chi connectivity index (χ4n) is 4.96. The number of methoxy groups -OCH3 is 3. The van der Waals surface area contributed by atoms with Crippen molar-refractivity contribution in [2.45, 2.75) is 70.3 Å². The van der Waals surface area contributed by atoms with Crippen LogP contribution in [0, 0.1) is 5.92 Å². The highest BCUT2D eigenvalue weighted by atomic mass is 16.5. The van der Waals surface area contributed by atoms with Gasteiger partial charge in [0.05, 0.1) is 27.4 Å². The highest BCUT2D eigenvalue weighted by Crippen LogP contribution is 2.38. The molecule has 1 aromatic rings. The standard InChI is InChI=1S/C26H38N2O6/c1-32-21-16-18(17-22(33-2)24(21)34-3)10-9-15-28(25(30)20-13-7-8-14-27-20)26(31)23(29)19-11-5-4-6-12-19/h16-17,19-20,27H,4-15H2,1-3H3. The maximum atomic E-state index is 13.3. The molecular weight excluding hydrogens is 436 g/mol. The van der Waals surface area contributed by atoms with Gasteiger partial charge in [-0.3, -0.25) is 19.3 Å². The number of Topliss-reactive ketones (excluding diaryl/α,β-unsaturated/α-hetero) is 1. The van der Waals surface area contributed by atoms with Gasteiger partial charge in [0.1, 0.15) is 0 Å². The van der Waals surface area contributed by atoms with Crippen LogP contribution in [0.1, 0.15) is 63.4 Å². The van der Waals surface area contributed by atoms with Gasteiger partial charge in [-0.15, -0.1) is 0 Å². The molecule has 2 aliphatic rings. The highest BCUT2D eigenvalue weighted by Gasteiger charge is 2.36. The molecule has 1 heterocycles. The van der Waals surface area contributed by atoms with Crippen LogP contribution in [0.15, 0.2) is 12.1 Å². The van der Waals surface area contributed by atoms with Crippen molar-refractivity contribution in [3.05, 3.63) is 17.7 Å². The van der Waals surface area contributed by atoms with Crippen LogP contribution in [-0.2, 0) is 20.8 Å². The quantitative estimate of drug-likeness (QED) is 0.520. The van der Waals surface area contributed by atoms with Gasteiger partial charge >= 0.3 is 0 Å². The van der Waals surface area contributed by atoms with Crippen molar-refractivity contribution >= 4 is 17.6 Å². The number of ether oxygens (including phenoxy) is 3.